The first-order valence-electron chi connectivity index (χ1n) is 13.2. The summed E-state index contributed by atoms with van der Waals surface area (Å²) in [7, 11) is 2.60. The lowest BCUT2D eigenvalue weighted by atomic mass is 9.84. The SMILES string of the molecule is COc1ccc(CN(c2nccs2)S(=O)(=O)c2cc(Cl)c(N[C@@H]3Cc4ccccc4CC3N(C)C)cc2F)c(OC)c1. The van der Waals surface area contributed by atoms with Crippen LogP contribution in [0.25, 0.3) is 0 Å². The molecule has 0 spiro atoms. The normalized spacial score (nSPS) is 16.6. The molecule has 0 amide bonds. The number of nitrogens with one attached hydrogen (secondary N) is 1. The second-order valence-corrected chi connectivity index (χ2v) is 13.3. The Bertz CT molecular complexity index is 1670. The molecule has 0 saturated heterocycles. The number of halogens is 2. The van der Waals surface area contributed by atoms with E-state index in [0.717, 1.165) is 34.6 Å². The Morgan fingerprint density at radius 2 is 1.81 bits per heavy atom. The van der Waals surface area contributed by atoms with Gasteiger partial charge < -0.3 is 19.7 Å². The molecule has 42 heavy (non-hydrogen) atoms. The quantitative estimate of drug-likeness (QED) is 0.235. The predicted octanol–water partition coefficient (Wildman–Crippen LogP) is 5.86. The number of fused-ring (bicyclic) bond motifs is 1. The number of sulfonamides is 1. The molecule has 3 aromatic carbocycles. The van der Waals surface area contributed by atoms with E-state index in [1.807, 2.05) is 26.2 Å². The van der Waals surface area contributed by atoms with Crippen molar-refractivity contribution in [2.45, 2.75) is 36.4 Å². The van der Waals surface area contributed by atoms with Gasteiger partial charge in [-0.25, -0.2) is 22.1 Å². The number of rotatable bonds is 10. The summed E-state index contributed by atoms with van der Waals surface area (Å²) in [6, 6.07) is 15.7. The van der Waals surface area contributed by atoms with E-state index in [1.165, 1.54) is 37.6 Å². The number of hydrogen-bond acceptors (Lipinski definition) is 8. The van der Waals surface area contributed by atoms with Crippen LogP contribution in [0.3, 0.4) is 0 Å². The maximum Gasteiger partial charge on any atom is 0.269 e. The first-order chi connectivity index (χ1) is 20.1. The summed E-state index contributed by atoms with van der Waals surface area (Å²) in [6.45, 7) is -0.147. The molecule has 1 N–H and O–H groups in total. The molecular formula is C30H32ClFN4O4S2. The lowest BCUT2D eigenvalue weighted by molar-refractivity contribution is 0.250. The fraction of sp³-hybridized carbons (Fsp3) is 0.300. The van der Waals surface area contributed by atoms with E-state index in [0.29, 0.717) is 22.7 Å². The van der Waals surface area contributed by atoms with Gasteiger partial charge in [0, 0.05) is 35.3 Å². The fourth-order valence-corrected chi connectivity index (χ4v) is 7.90. The Hall–Kier alpha value is -3.38. The van der Waals surface area contributed by atoms with Gasteiger partial charge in [-0.3, -0.25) is 0 Å². The molecule has 2 atom stereocenters. The Morgan fingerprint density at radius 1 is 1.07 bits per heavy atom. The van der Waals surface area contributed by atoms with Gasteiger partial charge in [-0.15, -0.1) is 11.3 Å². The maximum atomic E-state index is 15.8. The summed E-state index contributed by atoms with van der Waals surface area (Å²) < 4.78 is 55.6. The molecule has 4 aromatic rings. The number of benzene rings is 3. The van der Waals surface area contributed by atoms with Crippen LogP contribution in [0, 0.1) is 5.82 Å². The Balaban J connectivity index is 1.48. The highest BCUT2D eigenvalue weighted by Crippen LogP contribution is 2.36. The molecule has 1 aliphatic rings. The highest BCUT2D eigenvalue weighted by Gasteiger charge is 2.34. The van der Waals surface area contributed by atoms with Gasteiger partial charge in [-0.1, -0.05) is 35.9 Å². The zero-order valence-corrected chi connectivity index (χ0v) is 26.1. The second kappa shape index (κ2) is 12.5. The van der Waals surface area contributed by atoms with Gasteiger partial charge in [0.05, 0.1) is 31.5 Å². The van der Waals surface area contributed by atoms with Crippen LogP contribution in [0.1, 0.15) is 16.7 Å². The zero-order chi connectivity index (χ0) is 30.0. The molecule has 0 fully saturated rings. The summed E-state index contributed by atoms with van der Waals surface area (Å²) in [5.41, 5.74) is 3.39. The summed E-state index contributed by atoms with van der Waals surface area (Å²) in [5.74, 6) is 0.0644. The molecule has 1 heterocycles. The van der Waals surface area contributed by atoms with Gasteiger partial charge >= 0.3 is 0 Å². The van der Waals surface area contributed by atoms with E-state index < -0.39 is 20.7 Å². The second-order valence-electron chi connectivity index (χ2n) is 10.2. The third kappa shape index (κ3) is 6.05. The summed E-state index contributed by atoms with van der Waals surface area (Å²) in [5, 5.41) is 5.34. The van der Waals surface area contributed by atoms with Gasteiger partial charge in [-0.05, 0) is 62.3 Å². The smallest absolute Gasteiger partial charge is 0.269 e. The Labute approximate surface area is 254 Å². The summed E-state index contributed by atoms with van der Waals surface area (Å²) in [4.78, 5) is 5.80. The van der Waals surface area contributed by atoms with Gasteiger partial charge in [-0.2, -0.15) is 0 Å². The van der Waals surface area contributed by atoms with Crippen LogP contribution in [-0.4, -0.2) is 58.7 Å². The van der Waals surface area contributed by atoms with Crippen molar-refractivity contribution in [1.82, 2.24) is 9.88 Å². The molecule has 0 aliphatic heterocycles. The maximum absolute atomic E-state index is 15.8. The van der Waals surface area contributed by atoms with Crippen LogP contribution in [-0.2, 0) is 29.4 Å². The summed E-state index contributed by atoms with van der Waals surface area (Å²) >= 11 is 7.78. The van der Waals surface area contributed by atoms with Gasteiger partial charge in [0.2, 0.25) is 0 Å². The van der Waals surface area contributed by atoms with Crippen LogP contribution in [0.2, 0.25) is 5.02 Å². The van der Waals surface area contributed by atoms with Crippen molar-refractivity contribution in [3.63, 3.8) is 0 Å². The van der Waals surface area contributed by atoms with Gasteiger partial charge in [0.1, 0.15) is 22.2 Å². The minimum Gasteiger partial charge on any atom is -0.497 e. The van der Waals surface area contributed by atoms with E-state index in [1.54, 1.807) is 23.6 Å². The number of ether oxygens (including phenoxy) is 2. The first kappa shape index (κ1) is 30.1. The number of methoxy groups -OCH3 is 2. The van der Waals surface area contributed by atoms with E-state index in [-0.39, 0.29) is 28.8 Å². The molecule has 1 aromatic heterocycles. The standard InChI is InChI=1S/C30H32ClFN4O4S2/c1-35(2)27-14-20-8-6-5-7-19(20)13-26(27)34-25-17-24(32)29(16-23(25)31)42(37,38)36(30-33-11-12-41-30)18-21-9-10-22(39-3)15-28(21)40-4/h5-12,15-17,26-27,34H,13-14,18H2,1-4H3/t26-,27?/m1/s1. The van der Waals surface area contributed by atoms with Crippen molar-refractivity contribution in [3.8, 4) is 11.5 Å². The van der Waals surface area contributed by atoms with E-state index in [2.05, 4.69) is 27.3 Å². The Morgan fingerprint density at radius 3 is 2.45 bits per heavy atom. The largest absolute Gasteiger partial charge is 0.497 e. The Kier molecular flexibility index (Phi) is 8.93. The minimum atomic E-state index is -4.43. The van der Waals surface area contributed by atoms with Crippen LogP contribution in [0.4, 0.5) is 15.2 Å². The van der Waals surface area contributed by atoms with Crippen molar-refractivity contribution in [2.75, 3.05) is 37.9 Å². The highest BCUT2D eigenvalue weighted by atomic mass is 35.5. The fourth-order valence-electron chi connectivity index (χ4n) is 5.27. The molecule has 222 valence electrons. The van der Waals surface area contributed by atoms with Crippen molar-refractivity contribution < 1.29 is 22.3 Å². The van der Waals surface area contributed by atoms with Crippen molar-refractivity contribution in [2.24, 2.45) is 0 Å². The molecule has 8 nitrogen and oxygen atoms in total. The van der Waals surface area contributed by atoms with Gasteiger partial charge in [0.25, 0.3) is 10.0 Å². The number of aromatic nitrogens is 1. The first-order valence-corrected chi connectivity index (χ1v) is 15.9. The number of likely N-dealkylation sites (N-methyl/N-ethyl adjacent to an activating group) is 1. The number of anilines is 2. The lowest BCUT2D eigenvalue weighted by Gasteiger charge is -2.38. The molecule has 1 unspecified atom stereocenters. The lowest BCUT2D eigenvalue weighted by Crippen LogP contribution is -2.48. The molecule has 0 bridgehead atoms. The number of thiazole rings is 1. The minimum absolute atomic E-state index is 0.0661. The van der Waals surface area contributed by atoms with E-state index >= 15 is 4.39 Å². The number of nitrogens with zero attached hydrogens (tertiary/aromatic N) is 3. The van der Waals surface area contributed by atoms with E-state index in [4.69, 9.17) is 21.1 Å². The third-order valence-electron chi connectivity index (χ3n) is 7.49. The van der Waals surface area contributed by atoms with Crippen LogP contribution < -0.4 is 19.1 Å². The summed E-state index contributed by atoms with van der Waals surface area (Å²) in [6.07, 6.45) is 3.04. The third-order valence-corrected chi connectivity index (χ3v) is 10.5. The van der Waals surface area contributed by atoms with E-state index in [9.17, 15) is 8.42 Å². The highest BCUT2D eigenvalue weighted by molar-refractivity contribution is 7.93. The van der Waals surface area contributed by atoms with Crippen LogP contribution in [0.15, 0.2) is 71.1 Å². The molecule has 0 radical (unpaired) electrons. The van der Waals surface area contributed by atoms with Crippen molar-refractivity contribution in [3.05, 3.63) is 93.7 Å². The van der Waals surface area contributed by atoms with Crippen LogP contribution in [0.5, 0.6) is 11.5 Å². The average molecular weight is 631 g/mol. The molecular weight excluding hydrogens is 599 g/mol. The van der Waals surface area contributed by atoms with Crippen molar-refractivity contribution in [1.29, 1.82) is 0 Å². The topological polar surface area (TPSA) is 84.0 Å². The molecule has 1 aliphatic carbocycles. The molecule has 0 saturated carbocycles. The monoisotopic (exact) mass is 630 g/mol. The zero-order valence-electron chi connectivity index (χ0n) is 23.7. The molecule has 12 heteroatoms. The number of hydrogen-bond donors (Lipinski definition) is 1. The predicted molar refractivity (Wildman–Crippen MR) is 165 cm³/mol. The molecule has 5 rings (SSSR count). The average Bonchev–Trinajstić information content (AvgIpc) is 3.51. The van der Waals surface area contributed by atoms with Crippen molar-refractivity contribution >= 4 is 43.8 Å². The van der Waals surface area contributed by atoms with Crippen LogP contribution >= 0.6 is 22.9 Å². The van der Waals surface area contributed by atoms with Gasteiger partial charge in [0.15, 0.2) is 5.13 Å².